The molecule has 0 radical (unpaired) electrons. The smallest absolute Gasteiger partial charge is 0.416 e. The third-order valence-electron chi connectivity index (χ3n) is 4.00. The van der Waals surface area contributed by atoms with Gasteiger partial charge in [0.05, 0.1) is 10.5 Å². The van der Waals surface area contributed by atoms with Crippen LogP contribution in [0.15, 0.2) is 70.0 Å². The number of furan rings is 1. The molecule has 10 heteroatoms. The molecule has 0 bridgehead atoms. The maximum atomic E-state index is 12.8. The molecule has 0 spiro atoms. The van der Waals surface area contributed by atoms with Gasteiger partial charge in [0.2, 0.25) is 10.0 Å². The molecular formula is C19H15F3N2O4S. The first kappa shape index (κ1) is 20.6. The van der Waals surface area contributed by atoms with Crippen LogP contribution in [0.2, 0.25) is 0 Å². The molecule has 0 fully saturated rings. The zero-order chi connectivity index (χ0) is 21.2. The van der Waals surface area contributed by atoms with E-state index in [1.54, 1.807) is 0 Å². The van der Waals surface area contributed by atoms with Crippen molar-refractivity contribution in [2.24, 2.45) is 0 Å². The third-order valence-corrected chi connectivity index (χ3v) is 5.43. The van der Waals surface area contributed by atoms with Crippen LogP contribution in [0.5, 0.6) is 0 Å². The minimum atomic E-state index is -4.49. The summed E-state index contributed by atoms with van der Waals surface area (Å²) in [4.78, 5) is 12.3. The number of alkyl halides is 3. The Kier molecular flexibility index (Phi) is 5.49. The van der Waals surface area contributed by atoms with Crippen molar-refractivity contribution in [3.63, 3.8) is 0 Å². The van der Waals surface area contributed by atoms with Crippen LogP contribution in [0.4, 0.5) is 18.9 Å². The first-order valence-corrected chi connectivity index (χ1v) is 9.71. The number of halogens is 3. The second kappa shape index (κ2) is 7.72. The van der Waals surface area contributed by atoms with Crippen LogP contribution >= 0.6 is 0 Å². The molecule has 0 saturated carbocycles. The second-order valence-electron chi connectivity index (χ2n) is 5.93. The summed E-state index contributed by atoms with van der Waals surface area (Å²) in [6.07, 6.45) is -4.49. The third kappa shape index (κ3) is 4.66. The fraction of sp³-hybridized carbons (Fsp3) is 0.105. The van der Waals surface area contributed by atoms with E-state index >= 15 is 0 Å². The van der Waals surface area contributed by atoms with Gasteiger partial charge in [-0.2, -0.15) is 13.2 Å². The molecule has 1 amide bonds. The van der Waals surface area contributed by atoms with Gasteiger partial charge in [-0.3, -0.25) is 4.79 Å². The van der Waals surface area contributed by atoms with Gasteiger partial charge in [0.1, 0.15) is 5.76 Å². The Balaban J connectivity index is 1.76. The zero-order valence-corrected chi connectivity index (χ0v) is 15.8. The Morgan fingerprint density at radius 1 is 1.00 bits per heavy atom. The van der Waals surface area contributed by atoms with Crippen molar-refractivity contribution in [2.75, 3.05) is 12.4 Å². The summed E-state index contributed by atoms with van der Waals surface area (Å²) in [5, 5.41) is 2.53. The molecule has 29 heavy (non-hydrogen) atoms. The summed E-state index contributed by atoms with van der Waals surface area (Å²) >= 11 is 0. The molecule has 0 aliphatic carbocycles. The van der Waals surface area contributed by atoms with Crippen molar-refractivity contribution in [3.05, 3.63) is 72.0 Å². The van der Waals surface area contributed by atoms with Gasteiger partial charge in [-0.05, 0) is 55.6 Å². The van der Waals surface area contributed by atoms with Gasteiger partial charge in [0.15, 0.2) is 5.76 Å². The van der Waals surface area contributed by atoms with E-state index < -0.39 is 27.7 Å². The lowest BCUT2D eigenvalue weighted by Crippen LogP contribution is -2.18. The fourth-order valence-corrected chi connectivity index (χ4v) is 3.22. The van der Waals surface area contributed by atoms with Gasteiger partial charge in [0, 0.05) is 11.3 Å². The molecule has 0 atom stereocenters. The fourth-order valence-electron chi connectivity index (χ4n) is 2.49. The van der Waals surface area contributed by atoms with E-state index in [9.17, 15) is 26.4 Å². The number of hydrogen-bond acceptors (Lipinski definition) is 4. The Labute approximate surface area is 164 Å². The quantitative estimate of drug-likeness (QED) is 0.645. The summed E-state index contributed by atoms with van der Waals surface area (Å²) in [6.45, 7) is 0. The predicted octanol–water partition coefficient (Wildman–Crippen LogP) is 4.13. The molecule has 2 aromatic carbocycles. The highest BCUT2D eigenvalue weighted by atomic mass is 32.2. The topological polar surface area (TPSA) is 88.4 Å². The number of anilines is 1. The highest BCUT2D eigenvalue weighted by Crippen LogP contribution is 2.32. The van der Waals surface area contributed by atoms with Crippen LogP contribution < -0.4 is 10.0 Å². The van der Waals surface area contributed by atoms with Gasteiger partial charge >= 0.3 is 6.18 Å². The molecule has 0 aliphatic heterocycles. The highest BCUT2D eigenvalue weighted by molar-refractivity contribution is 7.89. The van der Waals surface area contributed by atoms with E-state index in [0.717, 1.165) is 12.1 Å². The predicted molar refractivity (Wildman–Crippen MR) is 99.8 cm³/mol. The normalized spacial score (nSPS) is 12.0. The maximum Gasteiger partial charge on any atom is 0.416 e. The van der Waals surface area contributed by atoms with Crippen molar-refractivity contribution >= 4 is 21.6 Å². The van der Waals surface area contributed by atoms with Crippen molar-refractivity contribution in [1.82, 2.24) is 4.72 Å². The van der Waals surface area contributed by atoms with Crippen LogP contribution in [0.3, 0.4) is 0 Å². The molecule has 1 heterocycles. The molecular weight excluding hydrogens is 409 g/mol. The maximum absolute atomic E-state index is 12.8. The van der Waals surface area contributed by atoms with E-state index in [0.29, 0.717) is 5.69 Å². The number of hydrogen-bond donors (Lipinski definition) is 2. The first-order valence-electron chi connectivity index (χ1n) is 8.22. The summed E-state index contributed by atoms with van der Waals surface area (Å²) in [5.41, 5.74) is -0.323. The lowest BCUT2D eigenvalue weighted by atomic mass is 10.1. The summed E-state index contributed by atoms with van der Waals surface area (Å²) in [6, 6.07) is 12.7. The zero-order valence-electron chi connectivity index (χ0n) is 14.9. The van der Waals surface area contributed by atoms with Crippen LogP contribution in [-0.4, -0.2) is 21.4 Å². The van der Waals surface area contributed by atoms with Crippen molar-refractivity contribution in [1.29, 1.82) is 0 Å². The highest BCUT2D eigenvalue weighted by Gasteiger charge is 2.30. The molecule has 0 saturated heterocycles. The van der Waals surface area contributed by atoms with Crippen molar-refractivity contribution in [2.45, 2.75) is 11.1 Å². The molecule has 2 N–H and O–H groups in total. The average molecular weight is 424 g/mol. The number of amides is 1. The number of sulfonamides is 1. The Hall–Kier alpha value is -3.11. The van der Waals surface area contributed by atoms with E-state index in [4.69, 9.17) is 4.42 Å². The molecule has 152 valence electrons. The van der Waals surface area contributed by atoms with Crippen LogP contribution in [0.25, 0.3) is 11.3 Å². The standard InChI is InChI=1S/C19H15F3N2O4S/c1-23-29(26,27)15-7-5-14(6-8-15)24-18(25)17-10-9-16(28-17)12-3-2-4-13(11-12)19(20,21)22/h2-11,23H,1H3,(H,24,25). The Morgan fingerprint density at radius 2 is 1.69 bits per heavy atom. The molecule has 1 aromatic heterocycles. The first-order chi connectivity index (χ1) is 13.6. The minimum absolute atomic E-state index is 0.0304. The monoisotopic (exact) mass is 424 g/mol. The van der Waals surface area contributed by atoms with E-state index in [2.05, 4.69) is 10.0 Å². The van der Waals surface area contributed by atoms with Crippen molar-refractivity contribution in [3.8, 4) is 11.3 Å². The number of carbonyl (C=O) groups excluding carboxylic acids is 1. The Bertz CT molecular complexity index is 1140. The number of carbonyl (C=O) groups is 1. The lowest BCUT2D eigenvalue weighted by Gasteiger charge is -2.07. The van der Waals surface area contributed by atoms with Crippen LogP contribution in [-0.2, 0) is 16.2 Å². The van der Waals surface area contributed by atoms with Gasteiger partial charge in [0.25, 0.3) is 5.91 Å². The van der Waals surface area contributed by atoms with Gasteiger partial charge < -0.3 is 9.73 Å². The number of rotatable bonds is 5. The molecule has 0 aliphatic rings. The lowest BCUT2D eigenvalue weighted by molar-refractivity contribution is -0.137. The largest absolute Gasteiger partial charge is 0.451 e. The van der Waals surface area contributed by atoms with E-state index in [-0.39, 0.29) is 22.0 Å². The SMILES string of the molecule is CNS(=O)(=O)c1ccc(NC(=O)c2ccc(-c3cccc(C(F)(F)F)c3)o2)cc1. The molecule has 3 aromatic rings. The van der Waals surface area contributed by atoms with Gasteiger partial charge in [-0.15, -0.1) is 0 Å². The summed E-state index contributed by atoms with van der Waals surface area (Å²) < 4.78 is 69.5. The average Bonchev–Trinajstić information content (AvgIpc) is 3.18. The summed E-state index contributed by atoms with van der Waals surface area (Å²) in [7, 11) is -2.32. The van der Waals surface area contributed by atoms with Gasteiger partial charge in [-0.1, -0.05) is 12.1 Å². The molecule has 3 rings (SSSR count). The van der Waals surface area contributed by atoms with E-state index in [1.807, 2.05) is 0 Å². The number of benzene rings is 2. The van der Waals surface area contributed by atoms with Crippen LogP contribution in [0, 0.1) is 0 Å². The molecule has 6 nitrogen and oxygen atoms in total. The number of nitrogens with one attached hydrogen (secondary N) is 2. The van der Waals surface area contributed by atoms with Crippen molar-refractivity contribution < 1.29 is 30.8 Å². The van der Waals surface area contributed by atoms with Gasteiger partial charge in [-0.25, -0.2) is 13.1 Å². The Morgan fingerprint density at radius 3 is 2.31 bits per heavy atom. The molecule has 0 unspecified atom stereocenters. The summed E-state index contributed by atoms with van der Waals surface area (Å²) in [5.74, 6) is -0.631. The van der Waals surface area contributed by atoms with Crippen LogP contribution in [0.1, 0.15) is 16.1 Å². The second-order valence-corrected chi connectivity index (χ2v) is 7.82. The van der Waals surface area contributed by atoms with E-state index in [1.165, 1.54) is 55.6 Å². The minimum Gasteiger partial charge on any atom is -0.451 e.